The van der Waals surface area contributed by atoms with Crippen LogP contribution in [0.2, 0.25) is 0 Å². The van der Waals surface area contributed by atoms with Crippen LogP contribution in [0, 0.1) is 0 Å². The molecule has 29 heavy (non-hydrogen) atoms. The Bertz CT molecular complexity index is 951. The lowest BCUT2D eigenvalue weighted by Gasteiger charge is -2.27. The zero-order valence-corrected chi connectivity index (χ0v) is 15.9. The second kappa shape index (κ2) is 8.33. The van der Waals surface area contributed by atoms with Crippen molar-refractivity contribution in [3.8, 4) is 11.3 Å². The van der Waals surface area contributed by atoms with Crippen molar-refractivity contribution in [1.29, 1.82) is 0 Å². The SMILES string of the molecule is FC(F)(F)c1cccc(-c2ncccc2C[C@H](c2ccccn2)N2CCCC2)c1. The number of aromatic nitrogens is 2. The van der Waals surface area contributed by atoms with Gasteiger partial charge in [0.2, 0.25) is 0 Å². The largest absolute Gasteiger partial charge is 0.416 e. The van der Waals surface area contributed by atoms with Crippen LogP contribution >= 0.6 is 0 Å². The van der Waals surface area contributed by atoms with Gasteiger partial charge < -0.3 is 0 Å². The molecular formula is C23H22F3N3. The molecule has 0 N–H and O–H groups in total. The Kier molecular flexibility index (Phi) is 5.62. The Hall–Kier alpha value is -2.73. The van der Waals surface area contributed by atoms with Crippen LogP contribution in [0.25, 0.3) is 11.3 Å². The first-order valence-corrected chi connectivity index (χ1v) is 9.79. The Labute approximate surface area is 168 Å². The second-order valence-corrected chi connectivity index (χ2v) is 7.31. The lowest BCUT2D eigenvalue weighted by atomic mass is 9.96. The molecule has 0 saturated carbocycles. The normalized spacial score (nSPS) is 16.1. The molecule has 3 nitrogen and oxygen atoms in total. The summed E-state index contributed by atoms with van der Waals surface area (Å²) in [6, 6.07) is 15.1. The van der Waals surface area contributed by atoms with Gasteiger partial charge in [-0.25, -0.2) is 0 Å². The monoisotopic (exact) mass is 397 g/mol. The van der Waals surface area contributed by atoms with E-state index in [9.17, 15) is 13.2 Å². The number of likely N-dealkylation sites (tertiary alicyclic amines) is 1. The van der Waals surface area contributed by atoms with Gasteiger partial charge in [0.25, 0.3) is 0 Å². The van der Waals surface area contributed by atoms with Gasteiger partial charge in [-0.3, -0.25) is 14.9 Å². The molecule has 1 aliphatic rings. The summed E-state index contributed by atoms with van der Waals surface area (Å²) in [7, 11) is 0. The highest BCUT2D eigenvalue weighted by Gasteiger charge is 2.31. The van der Waals surface area contributed by atoms with Gasteiger partial charge in [0, 0.05) is 18.0 Å². The maximum atomic E-state index is 13.2. The van der Waals surface area contributed by atoms with Crippen molar-refractivity contribution in [1.82, 2.24) is 14.9 Å². The highest BCUT2D eigenvalue weighted by molar-refractivity contribution is 5.64. The molecule has 0 spiro atoms. The maximum Gasteiger partial charge on any atom is 0.416 e. The molecule has 1 atom stereocenters. The molecule has 0 bridgehead atoms. The van der Waals surface area contributed by atoms with Gasteiger partial charge in [0.05, 0.1) is 23.0 Å². The topological polar surface area (TPSA) is 29.0 Å². The van der Waals surface area contributed by atoms with E-state index in [0.717, 1.165) is 43.3 Å². The first kappa shape index (κ1) is 19.6. The zero-order chi connectivity index (χ0) is 20.3. The fourth-order valence-corrected chi connectivity index (χ4v) is 3.96. The summed E-state index contributed by atoms with van der Waals surface area (Å²) < 4.78 is 39.6. The predicted octanol–water partition coefficient (Wildman–Crippen LogP) is 5.54. The Balaban J connectivity index is 1.71. The van der Waals surface area contributed by atoms with Crippen molar-refractivity contribution in [3.63, 3.8) is 0 Å². The van der Waals surface area contributed by atoms with Crippen molar-refractivity contribution in [3.05, 3.63) is 83.8 Å². The van der Waals surface area contributed by atoms with Crippen LogP contribution in [0.1, 0.15) is 35.7 Å². The third-order valence-electron chi connectivity index (χ3n) is 5.38. The van der Waals surface area contributed by atoms with E-state index in [1.165, 1.54) is 12.1 Å². The van der Waals surface area contributed by atoms with Crippen molar-refractivity contribution in [2.75, 3.05) is 13.1 Å². The van der Waals surface area contributed by atoms with Crippen molar-refractivity contribution in [2.24, 2.45) is 0 Å². The minimum absolute atomic E-state index is 0.0763. The number of benzene rings is 1. The highest BCUT2D eigenvalue weighted by Crippen LogP contribution is 2.34. The molecule has 0 radical (unpaired) electrons. The van der Waals surface area contributed by atoms with Crippen LogP contribution in [0.15, 0.2) is 67.0 Å². The molecule has 2 aromatic heterocycles. The number of nitrogens with zero attached hydrogens (tertiary/aromatic N) is 3. The van der Waals surface area contributed by atoms with E-state index >= 15 is 0 Å². The molecule has 4 rings (SSSR count). The number of rotatable bonds is 5. The molecule has 0 aliphatic carbocycles. The van der Waals surface area contributed by atoms with E-state index in [1.54, 1.807) is 18.5 Å². The van der Waals surface area contributed by atoms with Crippen LogP contribution in [0.5, 0.6) is 0 Å². The summed E-state index contributed by atoms with van der Waals surface area (Å²) in [6.07, 6.45) is 1.99. The first-order valence-electron chi connectivity index (χ1n) is 9.79. The minimum atomic E-state index is -4.38. The van der Waals surface area contributed by atoms with E-state index in [1.807, 2.05) is 30.3 Å². The molecule has 3 heterocycles. The number of hydrogen-bond donors (Lipinski definition) is 0. The van der Waals surface area contributed by atoms with Gasteiger partial charge >= 0.3 is 6.18 Å². The fourth-order valence-electron chi connectivity index (χ4n) is 3.96. The van der Waals surface area contributed by atoms with Crippen molar-refractivity contribution < 1.29 is 13.2 Å². The molecule has 0 unspecified atom stereocenters. The number of alkyl halides is 3. The lowest BCUT2D eigenvalue weighted by molar-refractivity contribution is -0.137. The van der Waals surface area contributed by atoms with Crippen LogP contribution in [0.3, 0.4) is 0 Å². The average Bonchev–Trinajstić information content (AvgIpc) is 3.27. The van der Waals surface area contributed by atoms with Crippen LogP contribution < -0.4 is 0 Å². The summed E-state index contributed by atoms with van der Waals surface area (Å²) in [5.41, 5.74) is 2.32. The highest BCUT2D eigenvalue weighted by atomic mass is 19.4. The van der Waals surface area contributed by atoms with Crippen molar-refractivity contribution in [2.45, 2.75) is 31.5 Å². The smallest absolute Gasteiger partial charge is 0.294 e. The lowest BCUT2D eigenvalue weighted by Crippen LogP contribution is -2.28. The minimum Gasteiger partial charge on any atom is -0.294 e. The average molecular weight is 397 g/mol. The number of pyridine rings is 2. The van der Waals surface area contributed by atoms with E-state index in [2.05, 4.69) is 14.9 Å². The quantitative estimate of drug-likeness (QED) is 0.566. The van der Waals surface area contributed by atoms with E-state index in [-0.39, 0.29) is 6.04 Å². The summed E-state index contributed by atoms with van der Waals surface area (Å²) >= 11 is 0. The molecular weight excluding hydrogens is 375 g/mol. The fraction of sp³-hybridized carbons (Fsp3) is 0.304. The summed E-state index contributed by atoms with van der Waals surface area (Å²) in [5.74, 6) is 0. The molecule has 6 heteroatoms. The summed E-state index contributed by atoms with van der Waals surface area (Å²) in [5, 5.41) is 0. The van der Waals surface area contributed by atoms with Gasteiger partial charge in [-0.05, 0) is 68.2 Å². The summed E-state index contributed by atoms with van der Waals surface area (Å²) in [4.78, 5) is 11.4. The van der Waals surface area contributed by atoms with Gasteiger partial charge in [0.1, 0.15) is 0 Å². The standard InChI is InChI=1S/C23H22F3N3/c24-23(25,26)19-9-5-7-17(15-19)22-18(8-6-12-28-22)16-21(29-13-3-4-14-29)20-10-1-2-11-27-20/h1-2,5-12,15,21H,3-4,13-14,16H2/t21-/m1/s1. The molecule has 1 aromatic carbocycles. The molecule has 150 valence electrons. The predicted molar refractivity (Wildman–Crippen MR) is 106 cm³/mol. The number of hydrogen-bond acceptors (Lipinski definition) is 3. The second-order valence-electron chi connectivity index (χ2n) is 7.31. The molecule has 3 aromatic rings. The molecule has 1 fully saturated rings. The van der Waals surface area contributed by atoms with Gasteiger partial charge in [-0.1, -0.05) is 24.3 Å². The molecule has 0 amide bonds. The van der Waals surface area contributed by atoms with E-state index in [4.69, 9.17) is 0 Å². The van der Waals surface area contributed by atoms with Crippen molar-refractivity contribution >= 4 is 0 Å². The molecule has 1 saturated heterocycles. The molecule has 1 aliphatic heterocycles. The van der Waals surface area contributed by atoms with Gasteiger partial charge in [-0.15, -0.1) is 0 Å². The third kappa shape index (κ3) is 4.48. The first-order chi connectivity index (χ1) is 14.0. The number of halogens is 3. The Morgan fingerprint density at radius 1 is 0.897 bits per heavy atom. The maximum absolute atomic E-state index is 13.2. The van der Waals surface area contributed by atoms with E-state index < -0.39 is 11.7 Å². The van der Waals surface area contributed by atoms with Gasteiger partial charge in [-0.2, -0.15) is 13.2 Å². The summed E-state index contributed by atoms with van der Waals surface area (Å²) in [6.45, 7) is 2.00. The van der Waals surface area contributed by atoms with Gasteiger partial charge in [0.15, 0.2) is 0 Å². The van der Waals surface area contributed by atoms with Crippen LogP contribution in [0.4, 0.5) is 13.2 Å². The van der Waals surface area contributed by atoms with Crippen LogP contribution in [-0.4, -0.2) is 28.0 Å². The Morgan fingerprint density at radius 3 is 2.41 bits per heavy atom. The zero-order valence-electron chi connectivity index (χ0n) is 15.9. The van der Waals surface area contributed by atoms with E-state index in [0.29, 0.717) is 17.7 Å². The third-order valence-corrected chi connectivity index (χ3v) is 5.38. The Morgan fingerprint density at radius 2 is 1.69 bits per heavy atom. The van der Waals surface area contributed by atoms with Crippen LogP contribution in [-0.2, 0) is 12.6 Å².